The largest absolute Gasteiger partial charge is 0.454 e. The second-order valence-corrected chi connectivity index (χ2v) is 12.5. The van der Waals surface area contributed by atoms with Gasteiger partial charge in [-0.15, -0.1) is 0 Å². The van der Waals surface area contributed by atoms with E-state index in [0.717, 1.165) is 61.5 Å². The van der Waals surface area contributed by atoms with E-state index in [9.17, 15) is 0 Å². The van der Waals surface area contributed by atoms with Crippen LogP contribution in [0.25, 0.3) is 60.6 Å². The van der Waals surface area contributed by atoms with Gasteiger partial charge in [0.25, 0.3) is 0 Å². The third kappa shape index (κ3) is 4.61. The van der Waals surface area contributed by atoms with Gasteiger partial charge in [0.2, 0.25) is 0 Å². The number of aromatic nitrogens is 2. The average Bonchev–Trinajstić information content (AvgIpc) is 3.74. The topological polar surface area (TPSA) is 67.7 Å². The summed E-state index contributed by atoms with van der Waals surface area (Å²) in [4.78, 5) is 14.9. The quantitative estimate of drug-likeness (QED) is 0.203. The highest BCUT2D eigenvalue weighted by Gasteiger charge is 2.25. The number of nitrogens with zero attached hydrogens (tertiary/aromatic N) is 4. The van der Waals surface area contributed by atoms with Crippen LogP contribution in [0, 0.1) is 0 Å². The lowest BCUT2D eigenvalue weighted by Crippen LogP contribution is -2.36. The fourth-order valence-corrected chi connectivity index (χ4v) is 7.21. The number of amidine groups is 2. The summed E-state index contributed by atoms with van der Waals surface area (Å²) in [7, 11) is 0. The van der Waals surface area contributed by atoms with Crippen molar-refractivity contribution in [2.75, 3.05) is 0 Å². The van der Waals surface area contributed by atoms with E-state index in [-0.39, 0.29) is 0 Å². The molecule has 6 heteroatoms. The van der Waals surface area contributed by atoms with E-state index in [1.54, 1.807) is 6.20 Å². The molecule has 9 aromatic rings. The van der Waals surface area contributed by atoms with Gasteiger partial charge in [-0.1, -0.05) is 109 Å². The Morgan fingerprint density at radius 1 is 0.500 bits per heavy atom. The summed E-state index contributed by atoms with van der Waals surface area (Å²) in [5.74, 6) is 1.52. The first-order valence-corrected chi connectivity index (χ1v) is 16.7. The minimum atomic E-state index is -0.525. The van der Waals surface area contributed by atoms with Crippen molar-refractivity contribution >= 4 is 55.4 Å². The summed E-state index contributed by atoms with van der Waals surface area (Å²) in [6.45, 7) is 0. The normalized spacial score (nSPS) is 13.5. The van der Waals surface area contributed by atoms with Crippen LogP contribution in [-0.4, -0.2) is 21.2 Å². The summed E-state index contributed by atoms with van der Waals surface area (Å²) < 4.78 is 8.74. The number of aliphatic imine (C=N–C) groups is 2. The summed E-state index contributed by atoms with van der Waals surface area (Å²) in [5.41, 5.74) is 10.1. The Bertz CT molecular complexity index is 2720. The highest BCUT2D eigenvalue weighted by molar-refractivity contribution is 6.16. The molecular weight excluding hydrogens is 615 g/mol. The maximum Gasteiger partial charge on any atom is 0.172 e. The zero-order valence-corrected chi connectivity index (χ0v) is 26.9. The third-order valence-electron chi connectivity index (χ3n) is 9.54. The van der Waals surface area contributed by atoms with Crippen molar-refractivity contribution in [1.82, 2.24) is 14.9 Å². The van der Waals surface area contributed by atoms with E-state index in [1.807, 2.05) is 42.6 Å². The first-order chi connectivity index (χ1) is 24.8. The third-order valence-corrected chi connectivity index (χ3v) is 9.54. The van der Waals surface area contributed by atoms with Gasteiger partial charge < -0.3 is 14.3 Å². The zero-order valence-electron chi connectivity index (χ0n) is 26.9. The maximum atomic E-state index is 6.40. The molecule has 0 saturated carbocycles. The molecule has 0 unspecified atom stereocenters. The van der Waals surface area contributed by atoms with Gasteiger partial charge in [-0.3, -0.25) is 4.98 Å². The Balaban J connectivity index is 1.14. The molecule has 0 aliphatic carbocycles. The molecule has 1 aliphatic heterocycles. The van der Waals surface area contributed by atoms with Crippen molar-refractivity contribution in [2.45, 2.75) is 6.17 Å². The van der Waals surface area contributed by atoms with Crippen LogP contribution in [0.15, 0.2) is 178 Å². The van der Waals surface area contributed by atoms with Gasteiger partial charge in [-0.05, 0) is 53.6 Å². The van der Waals surface area contributed by atoms with Crippen LogP contribution in [0.3, 0.4) is 0 Å². The van der Waals surface area contributed by atoms with E-state index < -0.39 is 6.17 Å². The molecule has 0 radical (unpaired) electrons. The molecule has 6 aromatic carbocycles. The van der Waals surface area contributed by atoms with Gasteiger partial charge in [0, 0.05) is 50.1 Å². The number of hydrogen-bond donors (Lipinski definition) is 1. The van der Waals surface area contributed by atoms with Crippen LogP contribution < -0.4 is 5.32 Å². The van der Waals surface area contributed by atoms with Gasteiger partial charge in [-0.25, -0.2) is 9.98 Å². The summed E-state index contributed by atoms with van der Waals surface area (Å²) in [6, 6.07) is 52.7. The first kappa shape index (κ1) is 28.2. The van der Waals surface area contributed by atoms with Gasteiger partial charge >= 0.3 is 0 Å². The number of hydrogen-bond acceptors (Lipinski definition) is 5. The minimum absolute atomic E-state index is 0.525. The van der Waals surface area contributed by atoms with Gasteiger partial charge in [0.1, 0.15) is 17.3 Å². The average molecular weight is 644 g/mol. The maximum absolute atomic E-state index is 6.40. The molecular formula is C44H29N5O. The fourth-order valence-electron chi connectivity index (χ4n) is 7.21. The van der Waals surface area contributed by atoms with E-state index in [2.05, 4.69) is 130 Å². The molecule has 0 atom stereocenters. The van der Waals surface area contributed by atoms with Crippen molar-refractivity contribution in [3.05, 3.63) is 181 Å². The van der Waals surface area contributed by atoms with Crippen LogP contribution in [-0.2, 0) is 0 Å². The van der Waals surface area contributed by atoms with Crippen LogP contribution in [0.4, 0.5) is 0 Å². The Labute approximate surface area is 287 Å². The molecule has 0 amide bonds. The SMILES string of the molecule is c1ccc(C2=NC(c3cncc4oc5ccc(-c6ccc7c(c6)c6ccccc6n7-c6ccccc6)cc5c34)N=C(c3ccccc3)N2)cc1. The Morgan fingerprint density at radius 3 is 1.82 bits per heavy atom. The minimum Gasteiger partial charge on any atom is -0.454 e. The van der Waals surface area contributed by atoms with Crippen LogP contribution in [0.5, 0.6) is 0 Å². The predicted molar refractivity (Wildman–Crippen MR) is 203 cm³/mol. The molecule has 3 aromatic heterocycles. The Morgan fingerprint density at radius 2 is 1.10 bits per heavy atom. The molecule has 4 heterocycles. The lowest BCUT2D eigenvalue weighted by molar-refractivity contribution is 0.665. The molecule has 236 valence electrons. The smallest absolute Gasteiger partial charge is 0.172 e. The summed E-state index contributed by atoms with van der Waals surface area (Å²) in [6.07, 6.45) is 3.14. The highest BCUT2D eigenvalue weighted by Crippen LogP contribution is 2.40. The number of benzene rings is 6. The van der Waals surface area contributed by atoms with Gasteiger partial charge in [-0.2, -0.15) is 0 Å². The zero-order chi connectivity index (χ0) is 33.0. The predicted octanol–water partition coefficient (Wildman–Crippen LogP) is 10.2. The molecule has 1 aliphatic rings. The summed E-state index contributed by atoms with van der Waals surface area (Å²) in [5, 5.41) is 7.90. The molecule has 10 rings (SSSR count). The van der Waals surface area contributed by atoms with Crippen molar-refractivity contribution < 1.29 is 4.42 Å². The van der Waals surface area contributed by atoms with Crippen LogP contribution in [0.2, 0.25) is 0 Å². The molecule has 0 spiro atoms. The Hall–Kier alpha value is -6.79. The van der Waals surface area contributed by atoms with E-state index in [1.165, 1.54) is 21.8 Å². The molecule has 6 nitrogen and oxygen atoms in total. The van der Waals surface area contributed by atoms with E-state index in [0.29, 0.717) is 5.58 Å². The van der Waals surface area contributed by atoms with Crippen LogP contribution >= 0.6 is 0 Å². The number of furan rings is 1. The second-order valence-electron chi connectivity index (χ2n) is 12.5. The van der Waals surface area contributed by atoms with Crippen molar-refractivity contribution in [2.24, 2.45) is 9.98 Å². The standard InChI is InChI=1S/C44H29N5O/c1-4-12-28(13-5-1)42-46-43(29-14-6-2-7-15-29)48-44(47-42)36-26-45-27-40-41(36)35-25-31(21-23-39(35)50-40)30-20-22-38-34(24-30)33-18-10-11-19-37(33)49(38)32-16-8-3-9-17-32/h1-27,44H,(H,46,47,48). The molecule has 0 fully saturated rings. The first-order valence-electron chi connectivity index (χ1n) is 16.7. The second kappa shape index (κ2) is 11.4. The number of para-hydroxylation sites is 2. The fraction of sp³-hybridized carbons (Fsp3) is 0.0227. The molecule has 50 heavy (non-hydrogen) atoms. The lowest BCUT2D eigenvalue weighted by atomic mass is 9.99. The molecule has 1 N–H and O–H groups in total. The van der Waals surface area contributed by atoms with E-state index in [4.69, 9.17) is 14.4 Å². The highest BCUT2D eigenvalue weighted by atomic mass is 16.3. The number of nitrogens with one attached hydrogen (secondary N) is 1. The van der Waals surface area contributed by atoms with Gasteiger partial charge in [0.15, 0.2) is 11.7 Å². The number of pyridine rings is 1. The summed E-state index contributed by atoms with van der Waals surface area (Å²) >= 11 is 0. The lowest BCUT2D eigenvalue weighted by Gasteiger charge is -2.22. The van der Waals surface area contributed by atoms with Crippen molar-refractivity contribution in [1.29, 1.82) is 0 Å². The van der Waals surface area contributed by atoms with Crippen molar-refractivity contribution in [3.8, 4) is 16.8 Å². The monoisotopic (exact) mass is 643 g/mol. The number of rotatable bonds is 5. The molecule has 0 saturated heterocycles. The van der Waals surface area contributed by atoms with E-state index >= 15 is 0 Å². The Kier molecular flexibility index (Phi) is 6.45. The van der Waals surface area contributed by atoms with Crippen LogP contribution in [0.1, 0.15) is 22.9 Å². The molecule has 0 bridgehead atoms. The number of fused-ring (bicyclic) bond motifs is 6. The van der Waals surface area contributed by atoms with Gasteiger partial charge in [0.05, 0.1) is 17.2 Å². The van der Waals surface area contributed by atoms with Crippen molar-refractivity contribution in [3.63, 3.8) is 0 Å².